The number of alkyl halides is 1. The molecule has 0 aliphatic carbocycles. The molecule has 3 N–H and O–H groups in total. The first-order valence-electron chi connectivity index (χ1n) is 9.63. The van der Waals surface area contributed by atoms with Gasteiger partial charge in [0.2, 0.25) is 0 Å². The van der Waals surface area contributed by atoms with Gasteiger partial charge in [-0.05, 0) is 18.6 Å². The molecular formula is C21H23F2N7. The van der Waals surface area contributed by atoms with E-state index in [1.54, 1.807) is 36.3 Å². The van der Waals surface area contributed by atoms with E-state index in [1.807, 2.05) is 4.90 Å². The molecule has 1 saturated heterocycles. The molecule has 1 aliphatic heterocycles. The van der Waals surface area contributed by atoms with Crippen LogP contribution in [0.25, 0.3) is 27.7 Å². The average Bonchev–Trinajstić information content (AvgIpc) is 3.46. The van der Waals surface area contributed by atoms with Crippen molar-refractivity contribution in [1.29, 1.82) is 0 Å². The minimum absolute atomic E-state index is 0.0211. The zero-order valence-electron chi connectivity index (χ0n) is 16.6. The summed E-state index contributed by atoms with van der Waals surface area (Å²) in [5.74, 6) is -0.356. The molecule has 3 aromatic rings. The van der Waals surface area contributed by atoms with Crippen LogP contribution in [0.15, 0.2) is 47.9 Å². The molecule has 0 radical (unpaired) electrons. The molecule has 4 rings (SSSR count). The van der Waals surface area contributed by atoms with E-state index in [2.05, 4.69) is 26.9 Å². The van der Waals surface area contributed by atoms with E-state index < -0.39 is 0 Å². The van der Waals surface area contributed by atoms with Crippen molar-refractivity contribution in [2.75, 3.05) is 19.8 Å². The number of fused-ring (bicyclic) bond motifs is 1. The number of nitrogens with two attached hydrogens (primary N) is 1. The van der Waals surface area contributed by atoms with Crippen LogP contribution in [0.4, 0.5) is 8.78 Å². The van der Waals surface area contributed by atoms with Gasteiger partial charge in [-0.2, -0.15) is 10.2 Å². The number of aliphatic imine (C=N–C) groups is 1. The number of aromatic amines is 1. The second-order valence-electron chi connectivity index (χ2n) is 7.41. The minimum atomic E-state index is -0.378. The molecule has 1 aliphatic rings. The van der Waals surface area contributed by atoms with Gasteiger partial charge in [0.1, 0.15) is 11.5 Å². The summed E-state index contributed by atoms with van der Waals surface area (Å²) in [6, 6.07) is 3.12. The van der Waals surface area contributed by atoms with Crippen LogP contribution in [-0.4, -0.2) is 51.0 Å². The molecule has 1 fully saturated rings. The Kier molecular flexibility index (Phi) is 5.35. The standard InChI is InChI=1S/C21H23F2N7/c1-13(30-4-3-14(8-22)10-30)5-20(25-12-24)21-17-6-16(15-9-26-29(2)11-15)18(23)7-19(17)27-28-21/h5-7,9,11-12,14H,1,3-4,8,10H2,2H3,(H2,24,25)(H,27,28)/b20-5-/t14-/m1/s1. The first kappa shape index (κ1) is 19.8. The number of aromatic nitrogens is 4. The largest absolute Gasteiger partial charge is 0.390 e. The minimum Gasteiger partial charge on any atom is -0.390 e. The molecule has 9 heteroatoms. The van der Waals surface area contributed by atoms with Crippen molar-refractivity contribution < 1.29 is 8.78 Å². The lowest BCUT2D eigenvalue weighted by Crippen LogP contribution is -2.19. The number of H-pyrrole nitrogens is 1. The maximum absolute atomic E-state index is 14.7. The maximum Gasteiger partial charge on any atom is 0.133 e. The molecule has 7 nitrogen and oxygen atoms in total. The van der Waals surface area contributed by atoms with Crippen LogP contribution < -0.4 is 5.73 Å². The third kappa shape index (κ3) is 3.70. The molecule has 30 heavy (non-hydrogen) atoms. The highest BCUT2D eigenvalue weighted by Gasteiger charge is 2.23. The number of hydrogen-bond donors (Lipinski definition) is 2. The number of halogens is 2. The summed E-state index contributed by atoms with van der Waals surface area (Å²) in [7, 11) is 1.78. The Morgan fingerprint density at radius 2 is 2.30 bits per heavy atom. The Hall–Kier alpha value is -3.49. The van der Waals surface area contributed by atoms with E-state index in [1.165, 1.54) is 12.4 Å². The molecule has 0 spiro atoms. The number of likely N-dealkylation sites (tertiary alicyclic amines) is 1. The fraction of sp³-hybridized carbons (Fsp3) is 0.286. The molecule has 0 saturated carbocycles. The van der Waals surface area contributed by atoms with Crippen LogP contribution in [0.1, 0.15) is 12.1 Å². The molecule has 0 amide bonds. The van der Waals surface area contributed by atoms with Gasteiger partial charge in [-0.25, -0.2) is 9.38 Å². The van der Waals surface area contributed by atoms with Gasteiger partial charge in [-0.1, -0.05) is 6.58 Å². The normalized spacial score (nSPS) is 17.5. The number of rotatable bonds is 6. The number of aryl methyl sites for hydroxylation is 1. The van der Waals surface area contributed by atoms with E-state index in [-0.39, 0.29) is 18.4 Å². The highest BCUT2D eigenvalue weighted by molar-refractivity contribution is 5.94. The summed E-state index contributed by atoms with van der Waals surface area (Å²) in [5, 5.41) is 12.0. The predicted octanol–water partition coefficient (Wildman–Crippen LogP) is 3.24. The molecule has 156 valence electrons. The second-order valence-corrected chi connectivity index (χ2v) is 7.41. The van der Waals surface area contributed by atoms with E-state index in [0.717, 1.165) is 13.0 Å². The van der Waals surface area contributed by atoms with Crippen molar-refractivity contribution in [1.82, 2.24) is 24.9 Å². The Morgan fingerprint density at radius 3 is 2.97 bits per heavy atom. The van der Waals surface area contributed by atoms with Gasteiger partial charge in [0, 0.05) is 60.5 Å². The third-order valence-corrected chi connectivity index (χ3v) is 5.34. The average molecular weight is 411 g/mol. The summed E-state index contributed by atoms with van der Waals surface area (Å²) in [6.07, 6.45) is 7.09. The Bertz CT molecular complexity index is 1140. The molecule has 0 unspecified atom stereocenters. The van der Waals surface area contributed by atoms with E-state index >= 15 is 0 Å². The van der Waals surface area contributed by atoms with Crippen molar-refractivity contribution in [3.8, 4) is 11.1 Å². The highest BCUT2D eigenvalue weighted by atomic mass is 19.1. The lowest BCUT2D eigenvalue weighted by atomic mass is 10.0. The summed E-state index contributed by atoms with van der Waals surface area (Å²) in [6.45, 7) is 5.12. The summed E-state index contributed by atoms with van der Waals surface area (Å²) >= 11 is 0. The van der Waals surface area contributed by atoms with Crippen LogP contribution in [0.3, 0.4) is 0 Å². The number of nitrogens with zero attached hydrogens (tertiary/aromatic N) is 5. The SMILES string of the molecule is C=C(/C=C(\N=CN)c1n[nH]c2cc(F)c(-c3cnn(C)c3)cc12)N1CC[C@H](CF)C1. The fourth-order valence-corrected chi connectivity index (χ4v) is 3.73. The van der Waals surface area contributed by atoms with Crippen LogP contribution in [0, 0.1) is 11.7 Å². The monoisotopic (exact) mass is 411 g/mol. The molecule has 0 bridgehead atoms. The van der Waals surface area contributed by atoms with E-state index in [4.69, 9.17) is 5.73 Å². The first-order valence-corrected chi connectivity index (χ1v) is 9.63. The van der Waals surface area contributed by atoms with Crippen molar-refractivity contribution in [3.05, 3.63) is 54.4 Å². The van der Waals surface area contributed by atoms with Crippen molar-refractivity contribution >= 4 is 22.9 Å². The lowest BCUT2D eigenvalue weighted by Gasteiger charge is -2.18. The molecule has 2 aromatic heterocycles. The van der Waals surface area contributed by atoms with Crippen LogP contribution in [-0.2, 0) is 7.05 Å². The van der Waals surface area contributed by atoms with E-state index in [9.17, 15) is 8.78 Å². The van der Waals surface area contributed by atoms with Gasteiger partial charge in [0.05, 0.1) is 30.4 Å². The van der Waals surface area contributed by atoms with Gasteiger partial charge >= 0.3 is 0 Å². The Morgan fingerprint density at radius 1 is 1.47 bits per heavy atom. The summed E-state index contributed by atoms with van der Waals surface area (Å²) in [4.78, 5) is 6.28. The van der Waals surface area contributed by atoms with Gasteiger partial charge in [0.15, 0.2) is 0 Å². The molecule has 3 heterocycles. The number of nitrogens with one attached hydrogen (secondary N) is 1. The van der Waals surface area contributed by atoms with Gasteiger partial charge in [-0.3, -0.25) is 14.2 Å². The first-order chi connectivity index (χ1) is 14.5. The van der Waals surface area contributed by atoms with Gasteiger partial charge in [0.25, 0.3) is 0 Å². The smallest absolute Gasteiger partial charge is 0.133 e. The van der Waals surface area contributed by atoms with E-state index in [0.29, 0.717) is 45.7 Å². The van der Waals surface area contributed by atoms with Crippen molar-refractivity contribution in [2.45, 2.75) is 6.42 Å². The lowest BCUT2D eigenvalue weighted by molar-refractivity contribution is 0.350. The highest BCUT2D eigenvalue weighted by Crippen LogP contribution is 2.32. The van der Waals surface area contributed by atoms with Gasteiger partial charge in [-0.15, -0.1) is 0 Å². The maximum atomic E-state index is 14.7. The summed E-state index contributed by atoms with van der Waals surface area (Å²) in [5.41, 5.74) is 8.90. The topological polar surface area (TPSA) is 88.1 Å². The predicted molar refractivity (Wildman–Crippen MR) is 114 cm³/mol. The van der Waals surface area contributed by atoms with Crippen LogP contribution in [0.2, 0.25) is 0 Å². The third-order valence-electron chi connectivity index (χ3n) is 5.34. The number of benzene rings is 1. The molecule has 1 aromatic carbocycles. The van der Waals surface area contributed by atoms with Crippen LogP contribution in [0.5, 0.6) is 0 Å². The summed E-state index contributed by atoms with van der Waals surface area (Å²) < 4.78 is 29.2. The van der Waals surface area contributed by atoms with Crippen LogP contribution >= 0.6 is 0 Å². The Labute approximate surface area is 172 Å². The van der Waals surface area contributed by atoms with Crippen molar-refractivity contribution in [3.63, 3.8) is 0 Å². The van der Waals surface area contributed by atoms with Gasteiger partial charge < -0.3 is 10.6 Å². The molecule has 1 atom stereocenters. The quantitative estimate of drug-likeness (QED) is 0.370. The second kappa shape index (κ2) is 8.10. The number of hydrogen-bond acceptors (Lipinski definition) is 4. The zero-order chi connectivity index (χ0) is 21.3. The molecular weight excluding hydrogens is 388 g/mol. The fourth-order valence-electron chi connectivity index (χ4n) is 3.73. The zero-order valence-corrected chi connectivity index (χ0v) is 16.6. The Balaban J connectivity index is 1.74. The number of allylic oxidation sites excluding steroid dienone is 1. The van der Waals surface area contributed by atoms with Crippen molar-refractivity contribution in [2.24, 2.45) is 23.7 Å².